The molecule has 0 bridgehead atoms. The van der Waals surface area contributed by atoms with Gasteiger partial charge in [-0.1, -0.05) is 36.4 Å². The summed E-state index contributed by atoms with van der Waals surface area (Å²) in [6.45, 7) is 0.716. The molecule has 6 rings (SSSR count). The Morgan fingerprint density at radius 3 is 2.40 bits per heavy atom. The second-order valence-corrected chi connectivity index (χ2v) is 11.3. The molecule has 2 heterocycles. The van der Waals surface area contributed by atoms with Gasteiger partial charge >= 0.3 is 6.01 Å². The van der Waals surface area contributed by atoms with Crippen molar-refractivity contribution in [2.75, 3.05) is 38.8 Å². The molecule has 3 aromatic carbocycles. The van der Waals surface area contributed by atoms with Gasteiger partial charge in [0, 0.05) is 66.7 Å². The number of nitrogens with one attached hydrogen (secondary N) is 1. The molecule has 0 spiro atoms. The molecule has 0 fully saturated rings. The van der Waals surface area contributed by atoms with Gasteiger partial charge in [0.2, 0.25) is 5.36 Å². The number of rotatable bonds is 8. The van der Waals surface area contributed by atoms with Crippen LogP contribution in [0.3, 0.4) is 0 Å². The Morgan fingerprint density at radius 1 is 0.933 bits per heavy atom. The van der Waals surface area contributed by atoms with Crippen LogP contribution in [0.25, 0.3) is 33.4 Å². The van der Waals surface area contributed by atoms with Crippen LogP contribution in [0.4, 0.5) is 11.5 Å². The molecule has 0 saturated carbocycles. The number of carbonyl (C=O) groups excluding carboxylic acids is 1. The fraction of sp³-hybridized carbons (Fsp3) is 0.167. The lowest BCUT2D eigenvalue weighted by Crippen LogP contribution is -2.22. The Balaban J connectivity index is 1.19. The molecular formula is C36H35N6O3+. The molecule has 45 heavy (non-hydrogen) atoms. The first kappa shape index (κ1) is 29.4. The highest BCUT2D eigenvalue weighted by molar-refractivity contribution is 6.03. The van der Waals surface area contributed by atoms with Crippen molar-refractivity contribution >= 4 is 28.4 Å². The number of ether oxygens (including phenoxy) is 1. The summed E-state index contributed by atoms with van der Waals surface area (Å²) in [6, 6.07) is 29.9. The van der Waals surface area contributed by atoms with E-state index in [4.69, 9.17) is 14.9 Å². The predicted molar refractivity (Wildman–Crippen MR) is 178 cm³/mol. The molecular weight excluding hydrogens is 564 g/mol. The SMILES string of the molecule is CN(C)c1ccc2c(-c3ccc(C(=O)NCc4ccc(COc5nccc(N)n5)cc4)cc3)c3ccc(=[N+](C)C)cc-3oc2c1. The Labute approximate surface area is 261 Å². The van der Waals surface area contributed by atoms with Gasteiger partial charge in [-0.2, -0.15) is 4.98 Å². The number of benzene rings is 4. The van der Waals surface area contributed by atoms with Gasteiger partial charge in [0.15, 0.2) is 0 Å². The Morgan fingerprint density at radius 2 is 1.69 bits per heavy atom. The second-order valence-electron chi connectivity index (χ2n) is 11.3. The minimum absolute atomic E-state index is 0.142. The van der Waals surface area contributed by atoms with E-state index >= 15 is 0 Å². The minimum Gasteiger partial charge on any atom is -0.459 e. The van der Waals surface area contributed by atoms with Crippen molar-refractivity contribution < 1.29 is 13.9 Å². The van der Waals surface area contributed by atoms with Crippen molar-refractivity contribution in [2.24, 2.45) is 0 Å². The molecule has 1 aliphatic heterocycles. The summed E-state index contributed by atoms with van der Waals surface area (Å²) < 4.78 is 14.1. The molecule has 1 amide bonds. The van der Waals surface area contributed by atoms with E-state index in [-0.39, 0.29) is 11.9 Å². The fourth-order valence-electron chi connectivity index (χ4n) is 5.13. The minimum atomic E-state index is -0.142. The van der Waals surface area contributed by atoms with E-state index in [0.29, 0.717) is 24.5 Å². The van der Waals surface area contributed by atoms with Crippen LogP contribution in [0.15, 0.2) is 102 Å². The summed E-state index contributed by atoms with van der Waals surface area (Å²) in [4.78, 5) is 23.2. The number of hydrogen-bond acceptors (Lipinski definition) is 7. The molecule has 0 saturated heterocycles. The van der Waals surface area contributed by atoms with Gasteiger partial charge in [-0.25, -0.2) is 9.56 Å². The van der Waals surface area contributed by atoms with Crippen molar-refractivity contribution in [2.45, 2.75) is 13.2 Å². The maximum atomic E-state index is 13.1. The molecule has 226 valence electrons. The third-order valence-electron chi connectivity index (χ3n) is 7.66. The Hall–Kier alpha value is -5.70. The number of carbonyl (C=O) groups is 1. The van der Waals surface area contributed by atoms with Gasteiger partial charge in [-0.05, 0) is 53.1 Å². The van der Waals surface area contributed by atoms with Crippen LogP contribution in [0.2, 0.25) is 0 Å². The number of nitrogen functional groups attached to an aromatic ring is 1. The molecule has 0 radical (unpaired) electrons. The normalized spacial score (nSPS) is 11.0. The molecule has 1 aromatic heterocycles. The molecule has 9 nitrogen and oxygen atoms in total. The number of nitrogens with zero attached hydrogens (tertiary/aromatic N) is 4. The molecule has 2 aliphatic rings. The summed E-state index contributed by atoms with van der Waals surface area (Å²) in [5.74, 6) is 1.02. The van der Waals surface area contributed by atoms with Gasteiger partial charge in [0.25, 0.3) is 5.91 Å². The van der Waals surface area contributed by atoms with Crippen LogP contribution in [0, 0.1) is 0 Å². The lowest BCUT2D eigenvalue weighted by Gasteiger charge is -2.18. The van der Waals surface area contributed by atoms with Crippen LogP contribution >= 0.6 is 0 Å². The molecule has 0 atom stereocenters. The average Bonchev–Trinajstić information content (AvgIpc) is 3.05. The van der Waals surface area contributed by atoms with E-state index < -0.39 is 0 Å². The lowest BCUT2D eigenvalue weighted by molar-refractivity contribution is 0.0951. The van der Waals surface area contributed by atoms with Crippen LogP contribution in [0.1, 0.15) is 21.5 Å². The molecule has 0 unspecified atom stereocenters. The van der Waals surface area contributed by atoms with Crippen molar-refractivity contribution in [3.63, 3.8) is 0 Å². The zero-order valence-corrected chi connectivity index (χ0v) is 25.7. The molecule has 1 aliphatic carbocycles. The molecule has 9 heteroatoms. The van der Waals surface area contributed by atoms with E-state index in [2.05, 4.69) is 61.2 Å². The summed E-state index contributed by atoms with van der Waals surface area (Å²) >= 11 is 0. The summed E-state index contributed by atoms with van der Waals surface area (Å²) in [6.07, 6.45) is 1.56. The number of anilines is 2. The quantitative estimate of drug-likeness (QED) is 0.183. The van der Waals surface area contributed by atoms with Crippen LogP contribution < -0.4 is 30.6 Å². The maximum Gasteiger partial charge on any atom is 0.318 e. The van der Waals surface area contributed by atoms with Crippen molar-refractivity contribution in [3.8, 4) is 28.5 Å². The maximum absolute atomic E-state index is 13.1. The predicted octanol–water partition coefficient (Wildman–Crippen LogP) is 5.18. The highest BCUT2D eigenvalue weighted by Gasteiger charge is 2.19. The smallest absolute Gasteiger partial charge is 0.318 e. The largest absolute Gasteiger partial charge is 0.459 e. The molecule has 3 N–H and O–H groups in total. The van der Waals surface area contributed by atoms with E-state index in [1.807, 2.05) is 76.7 Å². The number of aromatic nitrogens is 2. The van der Waals surface area contributed by atoms with E-state index in [9.17, 15) is 4.79 Å². The number of fused-ring (bicyclic) bond motifs is 2. The van der Waals surface area contributed by atoms with Crippen molar-refractivity contribution in [1.82, 2.24) is 19.9 Å². The summed E-state index contributed by atoms with van der Waals surface area (Å²) in [5, 5.41) is 5.09. The van der Waals surface area contributed by atoms with Crippen LogP contribution in [-0.2, 0) is 13.2 Å². The van der Waals surface area contributed by atoms with Gasteiger partial charge in [0.05, 0.1) is 6.07 Å². The second kappa shape index (κ2) is 12.5. The van der Waals surface area contributed by atoms with E-state index in [0.717, 1.165) is 55.6 Å². The van der Waals surface area contributed by atoms with Crippen LogP contribution in [0.5, 0.6) is 6.01 Å². The number of hydrogen-bond donors (Lipinski definition) is 2. The van der Waals surface area contributed by atoms with E-state index in [1.165, 1.54) is 0 Å². The van der Waals surface area contributed by atoms with Gasteiger partial charge in [0.1, 0.15) is 37.9 Å². The molecule has 4 aromatic rings. The first-order chi connectivity index (χ1) is 21.7. The van der Waals surface area contributed by atoms with Gasteiger partial charge < -0.3 is 25.1 Å². The van der Waals surface area contributed by atoms with Gasteiger partial charge in [-0.15, -0.1) is 0 Å². The highest BCUT2D eigenvalue weighted by atomic mass is 16.5. The standard InChI is InChI=1S/C36H34N6O3/c1-41(2)27-13-15-29-31(19-27)45-32-20-28(42(3)4)14-16-30(32)34(29)25-9-11-26(12-10-25)35(43)39-21-23-5-7-24(8-6-23)22-44-36-38-18-17-33(37)40-36/h5-20H,21-22H2,1-4H3,(H2-,37,38,39,40,43)/p+1. The first-order valence-corrected chi connectivity index (χ1v) is 14.6. The number of amides is 1. The average molecular weight is 600 g/mol. The topological polar surface area (TPSA) is 110 Å². The first-order valence-electron chi connectivity index (χ1n) is 14.6. The third-order valence-corrected chi connectivity index (χ3v) is 7.66. The number of nitrogens with two attached hydrogens (primary N) is 1. The highest BCUT2D eigenvalue weighted by Crippen LogP contribution is 2.40. The lowest BCUT2D eigenvalue weighted by atomic mass is 9.93. The summed E-state index contributed by atoms with van der Waals surface area (Å²) in [7, 11) is 8.06. The van der Waals surface area contributed by atoms with Crippen LogP contribution in [-0.4, -0.2) is 44.1 Å². The monoisotopic (exact) mass is 599 g/mol. The zero-order valence-electron chi connectivity index (χ0n) is 25.7. The Bertz CT molecular complexity index is 2030. The van der Waals surface area contributed by atoms with E-state index in [1.54, 1.807) is 12.3 Å². The fourth-order valence-corrected chi connectivity index (χ4v) is 5.13. The van der Waals surface area contributed by atoms with Crippen molar-refractivity contribution in [3.05, 3.63) is 119 Å². The summed E-state index contributed by atoms with van der Waals surface area (Å²) in [5.41, 5.74) is 13.1. The van der Waals surface area contributed by atoms with Crippen molar-refractivity contribution in [1.29, 1.82) is 0 Å². The zero-order chi connectivity index (χ0) is 31.5. The third kappa shape index (κ3) is 6.47. The van der Waals surface area contributed by atoms with Gasteiger partial charge in [-0.3, -0.25) is 4.79 Å². The Kier molecular flexibility index (Phi) is 8.16.